The van der Waals surface area contributed by atoms with E-state index >= 15 is 0 Å². The maximum atomic E-state index is 10.6. The minimum Gasteiger partial charge on any atom is -0.463 e. The van der Waals surface area contributed by atoms with Crippen molar-refractivity contribution in [3.05, 3.63) is 39.7 Å². The van der Waals surface area contributed by atoms with Crippen molar-refractivity contribution in [2.24, 2.45) is 4.99 Å². The Labute approximate surface area is 140 Å². The highest BCUT2D eigenvalue weighted by Crippen LogP contribution is 2.21. The van der Waals surface area contributed by atoms with E-state index in [4.69, 9.17) is 4.42 Å². The molecule has 0 radical (unpaired) electrons. The molecule has 2 heterocycles. The van der Waals surface area contributed by atoms with E-state index in [0.717, 1.165) is 22.2 Å². The van der Waals surface area contributed by atoms with Crippen LogP contribution in [0.3, 0.4) is 0 Å². The summed E-state index contributed by atoms with van der Waals surface area (Å²) in [7, 11) is 0. The van der Waals surface area contributed by atoms with Crippen molar-refractivity contribution < 1.29 is 9.52 Å². The standard InChI is InChI=1S/C16H24N4O2S/c1-5-17-15(19-9-13-8-18-12(3)23-13)20-10-16(4,21)14-7-6-11(2)22-14/h6-8,21H,5,9-10H2,1-4H3,(H2,17,19,20). The number of hydrogen-bond donors (Lipinski definition) is 3. The molecule has 0 saturated carbocycles. The van der Waals surface area contributed by atoms with Gasteiger partial charge in [0.1, 0.15) is 17.1 Å². The summed E-state index contributed by atoms with van der Waals surface area (Å²) in [5, 5.41) is 17.9. The summed E-state index contributed by atoms with van der Waals surface area (Å²) >= 11 is 1.63. The van der Waals surface area contributed by atoms with E-state index in [0.29, 0.717) is 24.8 Å². The molecule has 1 unspecified atom stereocenters. The van der Waals surface area contributed by atoms with E-state index < -0.39 is 5.60 Å². The number of rotatable bonds is 6. The van der Waals surface area contributed by atoms with Gasteiger partial charge in [-0.1, -0.05) is 0 Å². The van der Waals surface area contributed by atoms with Crippen LogP contribution in [-0.2, 0) is 12.1 Å². The number of nitrogens with zero attached hydrogens (tertiary/aromatic N) is 2. The topological polar surface area (TPSA) is 82.7 Å². The lowest BCUT2D eigenvalue weighted by Crippen LogP contribution is -2.44. The van der Waals surface area contributed by atoms with Gasteiger partial charge in [0.2, 0.25) is 0 Å². The molecule has 3 N–H and O–H groups in total. The summed E-state index contributed by atoms with van der Waals surface area (Å²) in [5.74, 6) is 1.97. The summed E-state index contributed by atoms with van der Waals surface area (Å²) in [6.45, 7) is 9.15. The molecular formula is C16H24N4O2S. The summed E-state index contributed by atoms with van der Waals surface area (Å²) < 4.78 is 5.52. The van der Waals surface area contributed by atoms with Gasteiger partial charge in [0, 0.05) is 17.6 Å². The van der Waals surface area contributed by atoms with Gasteiger partial charge in [0.15, 0.2) is 5.96 Å². The first-order chi connectivity index (χ1) is 10.9. The number of guanidine groups is 1. The van der Waals surface area contributed by atoms with Crippen molar-refractivity contribution >= 4 is 17.3 Å². The number of aromatic nitrogens is 1. The average molecular weight is 336 g/mol. The zero-order chi connectivity index (χ0) is 16.9. The zero-order valence-electron chi connectivity index (χ0n) is 14.0. The van der Waals surface area contributed by atoms with Gasteiger partial charge in [-0.3, -0.25) is 0 Å². The van der Waals surface area contributed by atoms with Crippen molar-refractivity contribution in [2.75, 3.05) is 13.1 Å². The van der Waals surface area contributed by atoms with Crippen LogP contribution in [0, 0.1) is 13.8 Å². The van der Waals surface area contributed by atoms with Crippen molar-refractivity contribution in [3.8, 4) is 0 Å². The van der Waals surface area contributed by atoms with Gasteiger partial charge in [-0.25, -0.2) is 9.98 Å². The number of furan rings is 1. The maximum Gasteiger partial charge on any atom is 0.191 e. The van der Waals surface area contributed by atoms with Gasteiger partial charge in [-0.2, -0.15) is 0 Å². The van der Waals surface area contributed by atoms with Crippen LogP contribution in [0.4, 0.5) is 0 Å². The van der Waals surface area contributed by atoms with Gasteiger partial charge in [-0.15, -0.1) is 11.3 Å². The molecule has 1 atom stereocenters. The van der Waals surface area contributed by atoms with Crippen LogP contribution < -0.4 is 10.6 Å². The Morgan fingerprint density at radius 2 is 2.17 bits per heavy atom. The fourth-order valence-electron chi connectivity index (χ4n) is 2.04. The van der Waals surface area contributed by atoms with Gasteiger partial charge in [-0.05, 0) is 39.8 Å². The molecule has 2 aromatic heterocycles. The van der Waals surface area contributed by atoms with Gasteiger partial charge < -0.3 is 20.2 Å². The molecule has 0 aliphatic carbocycles. The Bertz CT molecular complexity index is 661. The highest BCUT2D eigenvalue weighted by molar-refractivity contribution is 7.11. The quantitative estimate of drug-likeness (QED) is 0.557. The number of aliphatic imine (C=N–C) groups is 1. The Morgan fingerprint density at radius 1 is 1.39 bits per heavy atom. The summed E-state index contributed by atoms with van der Waals surface area (Å²) in [4.78, 5) is 9.85. The van der Waals surface area contributed by atoms with Crippen molar-refractivity contribution in [1.82, 2.24) is 15.6 Å². The second-order valence-electron chi connectivity index (χ2n) is 5.58. The van der Waals surface area contributed by atoms with Crippen LogP contribution in [0.2, 0.25) is 0 Å². The maximum absolute atomic E-state index is 10.6. The van der Waals surface area contributed by atoms with E-state index in [1.807, 2.05) is 33.0 Å². The molecule has 23 heavy (non-hydrogen) atoms. The highest BCUT2D eigenvalue weighted by atomic mass is 32.1. The molecule has 0 bridgehead atoms. The number of aliphatic hydroxyl groups is 1. The number of thiazole rings is 1. The molecule has 7 heteroatoms. The fourth-order valence-corrected chi connectivity index (χ4v) is 2.76. The van der Waals surface area contributed by atoms with Crippen molar-refractivity contribution in [1.29, 1.82) is 0 Å². The second kappa shape index (κ2) is 7.61. The molecule has 0 fully saturated rings. The largest absolute Gasteiger partial charge is 0.463 e. The first-order valence-corrected chi connectivity index (χ1v) is 8.45. The Kier molecular flexibility index (Phi) is 5.79. The Balaban J connectivity index is 1.98. The van der Waals surface area contributed by atoms with E-state index in [-0.39, 0.29) is 0 Å². The van der Waals surface area contributed by atoms with Crippen LogP contribution in [0.15, 0.2) is 27.7 Å². The van der Waals surface area contributed by atoms with Crippen LogP contribution in [0.1, 0.15) is 35.3 Å². The highest BCUT2D eigenvalue weighted by Gasteiger charge is 2.27. The number of hydrogen-bond acceptors (Lipinski definition) is 5. The summed E-state index contributed by atoms with van der Waals surface area (Å²) in [5.41, 5.74) is -1.11. The molecule has 0 spiro atoms. The van der Waals surface area contributed by atoms with Crippen molar-refractivity contribution in [3.63, 3.8) is 0 Å². The van der Waals surface area contributed by atoms with Crippen LogP contribution >= 0.6 is 11.3 Å². The first-order valence-electron chi connectivity index (χ1n) is 7.63. The minimum atomic E-state index is -1.11. The third-order valence-corrected chi connectivity index (χ3v) is 4.18. The minimum absolute atomic E-state index is 0.299. The molecule has 126 valence electrons. The average Bonchev–Trinajstić information content (AvgIpc) is 3.11. The normalized spacial score (nSPS) is 14.6. The lowest BCUT2D eigenvalue weighted by Gasteiger charge is -2.22. The molecule has 2 rings (SSSR count). The summed E-state index contributed by atoms with van der Waals surface area (Å²) in [6, 6.07) is 3.64. The monoisotopic (exact) mass is 336 g/mol. The smallest absolute Gasteiger partial charge is 0.191 e. The molecule has 0 saturated heterocycles. The number of nitrogens with one attached hydrogen (secondary N) is 2. The fraction of sp³-hybridized carbons (Fsp3) is 0.500. The lowest BCUT2D eigenvalue weighted by molar-refractivity contribution is 0.0378. The zero-order valence-corrected chi connectivity index (χ0v) is 14.8. The second-order valence-corrected chi connectivity index (χ2v) is 6.90. The SMILES string of the molecule is CCNC(=NCc1cnc(C)s1)NCC(C)(O)c1ccc(C)o1. The molecule has 0 aromatic carbocycles. The van der Waals surface area contributed by atoms with Crippen LogP contribution in [0.25, 0.3) is 0 Å². The van der Waals surface area contributed by atoms with Gasteiger partial charge >= 0.3 is 0 Å². The van der Waals surface area contributed by atoms with E-state index in [1.165, 1.54) is 0 Å². The molecular weight excluding hydrogens is 312 g/mol. The molecule has 0 aliphatic heterocycles. The molecule has 0 aliphatic rings. The summed E-state index contributed by atoms with van der Waals surface area (Å²) in [6.07, 6.45) is 1.84. The third-order valence-electron chi connectivity index (χ3n) is 3.28. The van der Waals surface area contributed by atoms with Crippen molar-refractivity contribution in [2.45, 2.75) is 39.8 Å². The van der Waals surface area contributed by atoms with Gasteiger partial charge in [0.05, 0.1) is 18.1 Å². The first kappa shape index (κ1) is 17.5. The van der Waals surface area contributed by atoms with Crippen LogP contribution in [-0.4, -0.2) is 29.1 Å². The molecule has 6 nitrogen and oxygen atoms in total. The predicted octanol–water partition coefficient (Wildman–Crippen LogP) is 2.32. The van der Waals surface area contributed by atoms with Crippen LogP contribution in [0.5, 0.6) is 0 Å². The third kappa shape index (κ3) is 5.07. The molecule has 2 aromatic rings. The Hall–Kier alpha value is -1.86. The lowest BCUT2D eigenvalue weighted by atomic mass is 10.0. The predicted molar refractivity (Wildman–Crippen MR) is 92.7 cm³/mol. The van der Waals surface area contributed by atoms with Gasteiger partial charge in [0.25, 0.3) is 0 Å². The van der Waals surface area contributed by atoms with E-state index in [9.17, 15) is 5.11 Å². The molecule has 0 amide bonds. The van der Waals surface area contributed by atoms with E-state index in [1.54, 1.807) is 24.3 Å². The van der Waals surface area contributed by atoms with E-state index in [2.05, 4.69) is 20.6 Å². The Morgan fingerprint density at radius 3 is 2.74 bits per heavy atom. The number of aryl methyl sites for hydroxylation is 2.